The lowest BCUT2D eigenvalue weighted by molar-refractivity contribution is -0.134. The van der Waals surface area contributed by atoms with Crippen LogP contribution in [0.15, 0.2) is 6.20 Å². The van der Waals surface area contributed by atoms with Crippen LogP contribution < -0.4 is 0 Å². The van der Waals surface area contributed by atoms with E-state index in [-0.39, 0.29) is 18.4 Å². The lowest BCUT2D eigenvalue weighted by atomic mass is 10.2. The van der Waals surface area contributed by atoms with Crippen molar-refractivity contribution in [3.05, 3.63) is 17.7 Å². The Kier molecular flexibility index (Phi) is 4.43. The number of aromatic nitrogens is 2. The van der Waals surface area contributed by atoms with Gasteiger partial charge in [-0.05, 0) is 6.92 Å². The Morgan fingerprint density at radius 3 is 2.65 bits per heavy atom. The summed E-state index contributed by atoms with van der Waals surface area (Å²) in [5.41, 5.74) is 0.693. The predicted octanol–water partition coefficient (Wildman–Crippen LogP) is -0.379. The molecule has 1 aromatic rings. The van der Waals surface area contributed by atoms with Crippen LogP contribution in [0, 0.1) is 0 Å². The SMILES string of the molecule is C[C@H]1c2nc(CC(=O)N3CCOCC3)cn2CCN1S(C)(=O)=O. The third-order valence-corrected chi connectivity index (χ3v) is 5.70. The summed E-state index contributed by atoms with van der Waals surface area (Å²) >= 11 is 0. The van der Waals surface area contributed by atoms with E-state index in [0.29, 0.717) is 50.9 Å². The van der Waals surface area contributed by atoms with Gasteiger partial charge in [0.05, 0.1) is 37.6 Å². The summed E-state index contributed by atoms with van der Waals surface area (Å²) < 4.78 is 32.3. The number of amides is 1. The fourth-order valence-electron chi connectivity index (χ4n) is 3.15. The van der Waals surface area contributed by atoms with E-state index in [2.05, 4.69) is 4.98 Å². The van der Waals surface area contributed by atoms with Crippen LogP contribution in [-0.4, -0.2) is 72.2 Å². The number of hydrogen-bond donors (Lipinski definition) is 0. The summed E-state index contributed by atoms with van der Waals surface area (Å²) in [6.45, 7) is 5.20. The van der Waals surface area contributed by atoms with Gasteiger partial charge in [0.15, 0.2) is 0 Å². The van der Waals surface area contributed by atoms with Crippen molar-refractivity contribution in [2.45, 2.75) is 25.9 Å². The summed E-state index contributed by atoms with van der Waals surface area (Å²) in [6, 6.07) is -0.314. The molecule has 8 nitrogen and oxygen atoms in total. The van der Waals surface area contributed by atoms with Gasteiger partial charge in [-0.25, -0.2) is 13.4 Å². The van der Waals surface area contributed by atoms with Gasteiger partial charge in [-0.2, -0.15) is 4.31 Å². The highest BCUT2D eigenvalue weighted by Gasteiger charge is 2.32. The van der Waals surface area contributed by atoms with Crippen LogP contribution >= 0.6 is 0 Å². The molecule has 9 heteroatoms. The number of imidazole rings is 1. The molecule has 2 aliphatic rings. The highest BCUT2D eigenvalue weighted by Crippen LogP contribution is 2.26. The Balaban J connectivity index is 1.74. The molecule has 0 aromatic carbocycles. The van der Waals surface area contributed by atoms with Gasteiger partial charge in [0, 0.05) is 32.4 Å². The number of ether oxygens (including phenoxy) is 1. The molecule has 1 saturated heterocycles. The van der Waals surface area contributed by atoms with E-state index >= 15 is 0 Å². The minimum atomic E-state index is -3.26. The lowest BCUT2D eigenvalue weighted by Gasteiger charge is -2.31. The average Bonchev–Trinajstić information content (AvgIpc) is 2.90. The Morgan fingerprint density at radius 2 is 2.00 bits per heavy atom. The maximum Gasteiger partial charge on any atom is 0.228 e. The Labute approximate surface area is 136 Å². The number of morpholine rings is 1. The van der Waals surface area contributed by atoms with E-state index in [1.165, 1.54) is 10.6 Å². The van der Waals surface area contributed by atoms with Crippen molar-refractivity contribution < 1.29 is 17.9 Å². The summed E-state index contributed by atoms with van der Waals surface area (Å²) in [5, 5.41) is 0. The second kappa shape index (κ2) is 6.21. The smallest absolute Gasteiger partial charge is 0.228 e. The van der Waals surface area contributed by atoms with Crippen LogP contribution in [0.25, 0.3) is 0 Å². The fraction of sp³-hybridized carbons (Fsp3) is 0.714. The van der Waals surface area contributed by atoms with Crippen molar-refractivity contribution >= 4 is 15.9 Å². The monoisotopic (exact) mass is 342 g/mol. The standard InChI is InChI=1S/C14H22N4O4S/c1-11-14-15-12(9-13(19)16-5-7-22-8-6-16)10-17(14)3-4-18(11)23(2,20)21/h10-11H,3-9H2,1-2H3/t11-/m0/s1. The molecule has 3 rings (SSSR count). The fourth-order valence-corrected chi connectivity index (χ4v) is 4.23. The van der Waals surface area contributed by atoms with Crippen molar-refractivity contribution in [2.24, 2.45) is 0 Å². The largest absolute Gasteiger partial charge is 0.378 e. The number of nitrogens with zero attached hydrogens (tertiary/aromatic N) is 4. The summed E-state index contributed by atoms with van der Waals surface area (Å²) in [6.07, 6.45) is 3.32. The quantitative estimate of drug-likeness (QED) is 0.748. The molecule has 23 heavy (non-hydrogen) atoms. The van der Waals surface area contributed by atoms with Crippen molar-refractivity contribution in [3.63, 3.8) is 0 Å². The average molecular weight is 342 g/mol. The van der Waals surface area contributed by atoms with Gasteiger partial charge in [-0.1, -0.05) is 0 Å². The topological polar surface area (TPSA) is 84.7 Å². The van der Waals surface area contributed by atoms with Crippen LogP contribution in [0.5, 0.6) is 0 Å². The lowest BCUT2D eigenvalue weighted by Crippen LogP contribution is -2.41. The van der Waals surface area contributed by atoms with Gasteiger partial charge in [-0.3, -0.25) is 4.79 Å². The minimum absolute atomic E-state index is 0.0383. The summed E-state index contributed by atoms with van der Waals surface area (Å²) in [4.78, 5) is 18.6. The first-order chi connectivity index (χ1) is 10.9. The van der Waals surface area contributed by atoms with Gasteiger partial charge in [-0.15, -0.1) is 0 Å². The zero-order chi connectivity index (χ0) is 16.6. The Morgan fingerprint density at radius 1 is 1.30 bits per heavy atom. The molecule has 0 saturated carbocycles. The third kappa shape index (κ3) is 3.41. The van der Waals surface area contributed by atoms with Gasteiger partial charge >= 0.3 is 0 Å². The van der Waals surface area contributed by atoms with E-state index in [0.717, 1.165) is 0 Å². The van der Waals surface area contributed by atoms with Gasteiger partial charge in [0.2, 0.25) is 15.9 Å². The number of rotatable bonds is 3. The molecule has 0 spiro atoms. The van der Waals surface area contributed by atoms with Crippen molar-refractivity contribution in [3.8, 4) is 0 Å². The molecule has 1 atom stereocenters. The molecule has 128 valence electrons. The summed E-state index contributed by atoms with van der Waals surface area (Å²) in [7, 11) is -3.26. The van der Waals surface area contributed by atoms with Gasteiger partial charge < -0.3 is 14.2 Å². The zero-order valence-corrected chi connectivity index (χ0v) is 14.3. The molecule has 1 amide bonds. The maximum absolute atomic E-state index is 12.3. The predicted molar refractivity (Wildman–Crippen MR) is 83.3 cm³/mol. The van der Waals surface area contributed by atoms with Crippen LogP contribution in [0.1, 0.15) is 24.5 Å². The molecule has 2 aliphatic heterocycles. The molecule has 3 heterocycles. The first-order valence-corrected chi connectivity index (χ1v) is 9.59. The molecule has 0 N–H and O–H groups in total. The Hall–Kier alpha value is -1.45. The van der Waals surface area contributed by atoms with E-state index in [1.54, 1.807) is 4.90 Å². The van der Waals surface area contributed by atoms with Crippen molar-refractivity contribution in [1.82, 2.24) is 18.8 Å². The van der Waals surface area contributed by atoms with E-state index in [1.807, 2.05) is 17.7 Å². The first kappa shape index (κ1) is 16.4. The number of sulfonamides is 1. The molecule has 0 aliphatic carbocycles. The molecule has 0 bridgehead atoms. The number of carbonyl (C=O) groups is 1. The second-order valence-corrected chi connectivity index (χ2v) is 7.94. The molecular formula is C14H22N4O4S. The third-order valence-electron chi connectivity index (χ3n) is 4.35. The molecule has 1 aromatic heterocycles. The van der Waals surface area contributed by atoms with Gasteiger partial charge in [0.1, 0.15) is 5.82 Å². The Bertz CT molecular complexity index is 694. The number of hydrogen-bond acceptors (Lipinski definition) is 5. The van der Waals surface area contributed by atoms with Crippen LogP contribution in [-0.2, 0) is 32.5 Å². The number of fused-ring (bicyclic) bond motifs is 1. The molecular weight excluding hydrogens is 320 g/mol. The zero-order valence-electron chi connectivity index (χ0n) is 13.4. The van der Waals surface area contributed by atoms with Crippen molar-refractivity contribution in [1.29, 1.82) is 0 Å². The summed E-state index contributed by atoms with van der Waals surface area (Å²) in [5.74, 6) is 0.739. The molecule has 1 fully saturated rings. The van der Waals surface area contributed by atoms with E-state index < -0.39 is 10.0 Å². The van der Waals surface area contributed by atoms with Crippen LogP contribution in [0.4, 0.5) is 0 Å². The van der Waals surface area contributed by atoms with Crippen LogP contribution in [0.3, 0.4) is 0 Å². The van der Waals surface area contributed by atoms with Crippen molar-refractivity contribution in [2.75, 3.05) is 39.1 Å². The second-order valence-electron chi connectivity index (χ2n) is 6.00. The van der Waals surface area contributed by atoms with E-state index in [9.17, 15) is 13.2 Å². The molecule has 0 radical (unpaired) electrons. The highest BCUT2D eigenvalue weighted by molar-refractivity contribution is 7.88. The highest BCUT2D eigenvalue weighted by atomic mass is 32.2. The van der Waals surface area contributed by atoms with Crippen LogP contribution in [0.2, 0.25) is 0 Å². The molecule has 0 unspecified atom stereocenters. The first-order valence-electron chi connectivity index (χ1n) is 7.74. The maximum atomic E-state index is 12.3. The number of carbonyl (C=O) groups excluding carboxylic acids is 1. The van der Waals surface area contributed by atoms with Gasteiger partial charge in [0.25, 0.3) is 0 Å². The minimum Gasteiger partial charge on any atom is -0.378 e. The van der Waals surface area contributed by atoms with E-state index in [4.69, 9.17) is 4.74 Å². The normalized spacial score (nSPS) is 22.9.